The van der Waals surface area contributed by atoms with Gasteiger partial charge in [0.1, 0.15) is 5.69 Å². The summed E-state index contributed by atoms with van der Waals surface area (Å²) in [7, 11) is 0. The van der Waals surface area contributed by atoms with E-state index < -0.39 is 0 Å². The molecular weight excluding hydrogens is 186 g/mol. The molecule has 0 amide bonds. The number of ketones is 1. The first-order chi connectivity index (χ1) is 7.25. The number of Topliss-reactive ketones (excluding diaryl/α,β-unsaturated/α-hetero) is 1. The molecule has 0 aliphatic heterocycles. The highest BCUT2D eigenvalue weighted by Gasteiger charge is 2.12. The van der Waals surface area contributed by atoms with E-state index in [4.69, 9.17) is 0 Å². The second-order valence-electron chi connectivity index (χ2n) is 2.89. The van der Waals surface area contributed by atoms with Gasteiger partial charge >= 0.3 is 0 Å². The van der Waals surface area contributed by atoms with E-state index in [0.29, 0.717) is 5.69 Å². The number of aromatic nitrogens is 1. The highest BCUT2D eigenvalue weighted by atomic mass is 16.1. The summed E-state index contributed by atoms with van der Waals surface area (Å²) in [5.41, 5.74) is 0.535. The highest BCUT2D eigenvalue weighted by Crippen LogP contribution is 2.06. The Morgan fingerprint density at radius 3 is 2.53 bits per heavy atom. The predicted octanol–water partition coefficient (Wildman–Crippen LogP) is 3.50. The normalized spacial score (nSPS) is 11.7. The molecule has 1 aromatic heterocycles. The van der Waals surface area contributed by atoms with Crippen LogP contribution < -0.4 is 0 Å². The monoisotopic (exact) mass is 205 g/mol. The van der Waals surface area contributed by atoms with Crippen LogP contribution in [0.3, 0.4) is 0 Å². The third-order valence-electron chi connectivity index (χ3n) is 1.81. The van der Waals surface area contributed by atoms with E-state index in [1.165, 1.54) is 0 Å². The van der Waals surface area contributed by atoms with E-state index in [2.05, 4.69) is 4.98 Å². The Labute approximate surface area is 92.0 Å². The number of hydrogen-bond donors (Lipinski definition) is 0. The fourth-order valence-corrected chi connectivity index (χ4v) is 1.12. The fraction of sp³-hybridized carbons (Fsp3) is 0.385. The molecule has 1 rings (SSSR count). The molecule has 0 bridgehead atoms. The Morgan fingerprint density at radius 2 is 2.07 bits per heavy atom. The Morgan fingerprint density at radius 1 is 1.40 bits per heavy atom. The zero-order valence-electron chi connectivity index (χ0n) is 9.90. The van der Waals surface area contributed by atoms with Gasteiger partial charge in [-0.1, -0.05) is 39.0 Å². The van der Waals surface area contributed by atoms with Gasteiger partial charge in [-0.15, -0.1) is 0 Å². The van der Waals surface area contributed by atoms with Crippen molar-refractivity contribution in [1.82, 2.24) is 4.98 Å². The molecule has 0 aromatic carbocycles. The van der Waals surface area contributed by atoms with Crippen molar-refractivity contribution in [3.05, 3.63) is 42.2 Å². The van der Waals surface area contributed by atoms with E-state index in [9.17, 15) is 4.79 Å². The quantitative estimate of drug-likeness (QED) is 0.558. The molecule has 0 aliphatic carbocycles. The van der Waals surface area contributed by atoms with Crippen LogP contribution in [-0.4, -0.2) is 10.8 Å². The number of rotatable bonds is 3. The first-order valence-electron chi connectivity index (χ1n) is 5.33. The molecule has 0 N–H and O–H groups in total. The third-order valence-corrected chi connectivity index (χ3v) is 1.81. The van der Waals surface area contributed by atoms with Gasteiger partial charge in [-0.2, -0.15) is 0 Å². The summed E-state index contributed by atoms with van der Waals surface area (Å²) in [6, 6.07) is 5.36. The lowest BCUT2D eigenvalue weighted by atomic mass is 10.0. The Hall–Kier alpha value is -1.44. The van der Waals surface area contributed by atoms with Gasteiger partial charge in [-0.3, -0.25) is 9.78 Å². The summed E-state index contributed by atoms with van der Waals surface area (Å²) < 4.78 is 0. The largest absolute Gasteiger partial charge is 0.292 e. The first-order valence-corrected chi connectivity index (χ1v) is 5.33. The average molecular weight is 205 g/mol. The van der Waals surface area contributed by atoms with Crippen molar-refractivity contribution in [2.45, 2.75) is 27.7 Å². The molecule has 1 atom stereocenters. The summed E-state index contributed by atoms with van der Waals surface area (Å²) in [6.07, 6.45) is 5.39. The summed E-state index contributed by atoms with van der Waals surface area (Å²) in [5.74, 6) is -0.0152. The van der Waals surface area contributed by atoms with Gasteiger partial charge in [0.15, 0.2) is 5.78 Å². The molecular formula is C13H19NO. The van der Waals surface area contributed by atoms with Crippen molar-refractivity contribution in [3.63, 3.8) is 0 Å². The van der Waals surface area contributed by atoms with Crippen LogP contribution in [0.4, 0.5) is 0 Å². The van der Waals surface area contributed by atoms with Crippen molar-refractivity contribution in [2.75, 3.05) is 0 Å². The van der Waals surface area contributed by atoms with E-state index in [1.54, 1.807) is 18.3 Å². The van der Waals surface area contributed by atoms with Crippen LogP contribution in [0.25, 0.3) is 0 Å². The van der Waals surface area contributed by atoms with Crippen LogP contribution in [0.15, 0.2) is 36.5 Å². The molecule has 0 saturated carbocycles. The summed E-state index contributed by atoms with van der Waals surface area (Å²) in [4.78, 5) is 15.6. The molecule has 2 heteroatoms. The number of carbonyl (C=O) groups is 1. The zero-order valence-corrected chi connectivity index (χ0v) is 9.90. The van der Waals surface area contributed by atoms with E-state index in [1.807, 2.05) is 45.9 Å². The fourth-order valence-electron chi connectivity index (χ4n) is 1.12. The summed E-state index contributed by atoms with van der Waals surface area (Å²) in [5, 5.41) is 0. The van der Waals surface area contributed by atoms with Gasteiger partial charge in [-0.25, -0.2) is 0 Å². The second-order valence-corrected chi connectivity index (χ2v) is 2.89. The van der Waals surface area contributed by atoms with Crippen LogP contribution in [0, 0.1) is 5.92 Å². The van der Waals surface area contributed by atoms with Crippen LogP contribution in [0.5, 0.6) is 0 Å². The topological polar surface area (TPSA) is 30.0 Å². The number of allylic oxidation sites excluding steroid dienone is 2. The lowest BCUT2D eigenvalue weighted by Crippen LogP contribution is -2.10. The van der Waals surface area contributed by atoms with E-state index in [0.717, 1.165) is 0 Å². The molecule has 82 valence electrons. The summed E-state index contributed by atoms with van der Waals surface area (Å²) >= 11 is 0. The number of hydrogen-bond acceptors (Lipinski definition) is 2. The Kier molecular flexibility index (Phi) is 7.16. The number of pyridine rings is 1. The molecule has 0 fully saturated rings. The number of carbonyl (C=O) groups excluding carboxylic acids is 1. The van der Waals surface area contributed by atoms with Crippen molar-refractivity contribution < 1.29 is 4.79 Å². The minimum absolute atomic E-state index is 0.0682. The highest BCUT2D eigenvalue weighted by molar-refractivity contribution is 5.96. The predicted molar refractivity (Wildman–Crippen MR) is 63.9 cm³/mol. The van der Waals surface area contributed by atoms with Crippen LogP contribution in [0.1, 0.15) is 38.2 Å². The molecule has 2 nitrogen and oxygen atoms in total. The molecule has 0 spiro atoms. The molecule has 1 unspecified atom stereocenters. The molecule has 0 aliphatic rings. The van der Waals surface area contributed by atoms with Gasteiger partial charge in [0, 0.05) is 12.1 Å². The van der Waals surface area contributed by atoms with Crippen LogP contribution in [0.2, 0.25) is 0 Å². The van der Waals surface area contributed by atoms with Gasteiger partial charge in [0.25, 0.3) is 0 Å². The molecule has 1 aromatic rings. The minimum Gasteiger partial charge on any atom is -0.292 e. The maximum absolute atomic E-state index is 11.6. The third kappa shape index (κ3) is 4.54. The van der Waals surface area contributed by atoms with Gasteiger partial charge in [0.2, 0.25) is 0 Å². The first kappa shape index (κ1) is 13.6. The van der Waals surface area contributed by atoms with Crippen LogP contribution in [-0.2, 0) is 0 Å². The lowest BCUT2D eigenvalue weighted by Gasteiger charge is -2.03. The number of nitrogens with zero attached hydrogens (tertiary/aromatic N) is 1. The Balaban J connectivity index is 0.000000921. The van der Waals surface area contributed by atoms with Gasteiger partial charge < -0.3 is 0 Å². The molecule has 1 heterocycles. The van der Waals surface area contributed by atoms with Crippen LogP contribution >= 0.6 is 0 Å². The smallest absolute Gasteiger partial charge is 0.187 e. The molecule has 15 heavy (non-hydrogen) atoms. The van der Waals surface area contributed by atoms with E-state index >= 15 is 0 Å². The van der Waals surface area contributed by atoms with Crippen molar-refractivity contribution >= 4 is 5.78 Å². The van der Waals surface area contributed by atoms with Crippen molar-refractivity contribution in [1.29, 1.82) is 0 Å². The van der Waals surface area contributed by atoms with Gasteiger partial charge in [0.05, 0.1) is 0 Å². The standard InChI is InChI=1S/C11H13NO.C2H6/c1-3-6-9(2)11(13)10-7-4-5-8-12-10;1-2/h3-9H,1-2H3;1-2H3/b6-3+;. The SMILES string of the molecule is C/C=C/C(C)C(=O)c1ccccn1.CC. The minimum atomic E-state index is -0.0834. The van der Waals surface area contributed by atoms with Crippen molar-refractivity contribution in [2.24, 2.45) is 5.92 Å². The maximum Gasteiger partial charge on any atom is 0.187 e. The van der Waals surface area contributed by atoms with E-state index in [-0.39, 0.29) is 11.7 Å². The second kappa shape index (κ2) is 7.92. The molecule has 0 saturated heterocycles. The summed E-state index contributed by atoms with van der Waals surface area (Å²) in [6.45, 7) is 7.78. The molecule has 0 radical (unpaired) electrons. The van der Waals surface area contributed by atoms with Gasteiger partial charge in [-0.05, 0) is 19.1 Å². The average Bonchev–Trinajstić information content (AvgIpc) is 2.32. The van der Waals surface area contributed by atoms with Crippen molar-refractivity contribution in [3.8, 4) is 0 Å². The lowest BCUT2D eigenvalue weighted by molar-refractivity contribution is 0.0948. The maximum atomic E-state index is 11.6. The Bertz CT molecular complexity index is 304. The zero-order chi connectivity index (χ0) is 11.7.